The number of nitrogens with one attached hydrogen (secondary N) is 1. The first kappa shape index (κ1) is 12.1. The van der Waals surface area contributed by atoms with E-state index in [4.69, 9.17) is 0 Å². The molecule has 1 fully saturated rings. The molecule has 1 N–H and O–H groups in total. The third-order valence-electron chi connectivity index (χ3n) is 1.77. The molecular weight excluding hydrogens is 232 g/mol. The Morgan fingerprint density at radius 1 is 1.13 bits per heavy atom. The minimum atomic E-state index is -5.75. The zero-order valence-corrected chi connectivity index (χ0v) is 7.00. The van der Waals surface area contributed by atoms with Crippen molar-refractivity contribution in [2.45, 2.75) is 24.5 Å². The fraction of sp³-hybridized carbons (Fsp3) is 0.833. The van der Waals surface area contributed by atoms with Crippen LogP contribution in [0.1, 0.15) is 6.42 Å². The number of alkyl halides is 6. The minimum absolute atomic E-state index is 0.534. The molecule has 88 valence electrons. The van der Waals surface area contributed by atoms with E-state index in [0.717, 1.165) is 5.32 Å². The van der Waals surface area contributed by atoms with Crippen LogP contribution in [0.4, 0.5) is 26.3 Å². The quantitative estimate of drug-likeness (QED) is 0.510. The Labute approximate surface area is 79.4 Å². The molecule has 0 spiro atoms. The number of esters is 1. The summed E-state index contributed by atoms with van der Waals surface area (Å²) < 4.78 is 76.6. The minimum Gasteiger partial charge on any atom is -0.425 e. The van der Waals surface area contributed by atoms with Gasteiger partial charge in [0, 0.05) is 6.54 Å². The molecule has 0 aromatic heterocycles. The first-order valence-corrected chi connectivity index (χ1v) is 3.70. The maximum absolute atomic E-state index is 12.2. The first-order valence-electron chi connectivity index (χ1n) is 3.70. The van der Waals surface area contributed by atoms with Crippen LogP contribution in [0.2, 0.25) is 0 Å². The zero-order chi connectivity index (χ0) is 11.9. The van der Waals surface area contributed by atoms with Crippen LogP contribution in [0.3, 0.4) is 0 Å². The standard InChI is InChI=1S/C6H5F6NO2/c7-5(8,9)4(6(10,11)12)13-2-1-3(14)15-4/h13H,1-2H2. The highest BCUT2D eigenvalue weighted by molar-refractivity contribution is 5.71. The largest absolute Gasteiger partial charge is 0.452 e. The predicted molar refractivity (Wildman–Crippen MR) is 33.6 cm³/mol. The highest BCUT2D eigenvalue weighted by Crippen LogP contribution is 2.45. The van der Waals surface area contributed by atoms with Gasteiger partial charge in [-0.05, 0) is 0 Å². The molecule has 15 heavy (non-hydrogen) atoms. The van der Waals surface area contributed by atoms with E-state index >= 15 is 0 Å². The molecule has 0 aromatic rings. The van der Waals surface area contributed by atoms with Crippen molar-refractivity contribution >= 4 is 5.97 Å². The molecule has 1 heterocycles. The number of halogens is 6. The van der Waals surface area contributed by atoms with Crippen LogP contribution in [-0.2, 0) is 9.53 Å². The molecule has 1 saturated heterocycles. The van der Waals surface area contributed by atoms with Crippen molar-refractivity contribution in [3.05, 3.63) is 0 Å². The van der Waals surface area contributed by atoms with E-state index in [1.54, 1.807) is 0 Å². The number of rotatable bonds is 0. The number of hydrogen-bond donors (Lipinski definition) is 1. The molecule has 9 heteroatoms. The van der Waals surface area contributed by atoms with Crippen molar-refractivity contribution in [2.75, 3.05) is 6.54 Å². The van der Waals surface area contributed by atoms with Gasteiger partial charge in [0.1, 0.15) is 0 Å². The third-order valence-corrected chi connectivity index (χ3v) is 1.77. The number of cyclic esters (lactones) is 1. The Bertz CT molecular complexity index is 256. The van der Waals surface area contributed by atoms with E-state index in [2.05, 4.69) is 4.74 Å². The van der Waals surface area contributed by atoms with Gasteiger partial charge in [-0.15, -0.1) is 0 Å². The Hall–Kier alpha value is -0.990. The molecule has 0 unspecified atom stereocenters. The Balaban J connectivity index is 3.13. The van der Waals surface area contributed by atoms with Crippen molar-refractivity contribution in [1.82, 2.24) is 5.32 Å². The molecule has 1 rings (SSSR count). The van der Waals surface area contributed by atoms with Gasteiger partial charge in [0.15, 0.2) is 0 Å². The summed E-state index contributed by atoms with van der Waals surface area (Å²) in [6.07, 6.45) is -12.0. The van der Waals surface area contributed by atoms with Crippen molar-refractivity contribution in [3.63, 3.8) is 0 Å². The summed E-state index contributed by atoms with van der Waals surface area (Å²) in [7, 11) is 0. The number of hydrogen-bond acceptors (Lipinski definition) is 3. The van der Waals surface area contributed by atoms with E-state index in [-0.39, 0.29) is 0 Å². The summed E-state index contributed by atoms with van der Waals surface area (Å²) in [6.45, 7) is -0.738. The van der Waals surface area contributed by atoms with Crippen molar-refractivity contribution < 1.29 is 35.9 Å². The smallest absolute Gasteiger partial charge is 0.425 e. The maximum atomic E-state index is 12.2. The number of carbonyl (C=O) groups is 1. The van der Waals surface area contributed by atoms with Gasteiger partial charge in [-0.25, -0.2) is 0 Å². The van der Waals surface area contributed by atoms with E-state index in [1.807, 2.05) is 0 Å². The van der Waals surface area contributed by atoms with Crippen LogP contribution in [-0.4, -0.2) is 30.6 Å². The summed E-state index contributed by atoms with van der Waals surface area (Å²) in [5.74, 6) is -1.54. The lowest BCUT2D eigenvalue weighted by atomic mass is 10.1. The number of carbonyl (C=O) groups excluding carboxylic acids is 1. The van der Waals surface area contributed by atoms with E-state index in [9.17, 15) is 31.1 Å². The molecule has 0 radical (unpaired) electrons. The van der Waals surface area contributed by atoms with E-state index in [1.165, 1.54) is 0 Å². The lowest BCUT2D eigenvalue weighted by Crippen LogP contribution is -2.70. The highest BCUT2D eigenvalue weighted by Gasteiger charge is 2.75. The molecule has 0 amide bonds. The lowest BCUT2D eigenvalue weighted by molar-refractivity contribution is -0.384. The monoisotopic (exact) mass is 237 g/mol. The molecular formula is C6H5F6NO2. The molecule has 0 aromatic carbocycles. The Kier molecular flexibility index (Phi) is 2.62. The van der Waals surface area contributed by atoms with Crippen LogP contribution in [0, 0.1) is 0 Å². The molecule has 0 bridgehead atoms. The van der Waals surface area contributed by atoms with Gasteiger partial charge in [0.25, 0.3) is 0 Å². The SMILES string of the molecule is O=C1CCNC(C(F)(F)F)(C(F)(F)F)O1. The summed E-state index contributed by atoms with van der Waals surface area (Å²) in [5, 5.41) is 1.15. The van der Waals surface area contributed by atoms with Gasteiger partial charge in [-0.3, -0.25) is 10.1 Å². The third kappa shape index (κ3) is 1.87. The van der Waals surface area contributed by atoms with Gasteiger partial charge in [-0.1, -0.05) is 0 Å². The summed E-state index contributed by atoms with van der Waals surface area (Å²) >= 11 is 0. The first-order chi connectivity index (χ1) is 6.60. The van der Waals surface area contributed by atoms with Crippen LogP contribution in [0.5, 0.6) is 0 Å². The van der Waals surface area contributed by atoms with Crippen LogP contribution < -0.4 is 5.32 Å². The highest BCUT2D eigenvalue weighted by atomic mass is 19.4. The lowest BCUT2D eigenvalue weighted by Gasteiger charge is -2.39. The molecule has 1 aliphatic heterocycles. The fourth-order valence-corrected chi connectivity index (χ4v) is 1.08. The second kappa shape index (κ2) is 3.26. The average Bonchev–Trinajstić information content (AvgIpc) is 1.99. The molecule has 0 aliphatic carbocycles. The van der Waals surface area contributed by atoms with Crippen LogP contribution in [0.15, 0.2) is 0 Å². The van der Waals surface area contributed by atoms with E-state index < -0.39 is 37.0 Å². The summed E-state index contributed by atoms with van der Waals surface area (Å²) in [6, 6.07) is 0. The Morgan fingerprint density at radius 3 is 1.87 bits per heavy atom. The average molecular weight is 237 g/mol. The summed E-state index contributed by atoms with van der Waals surface area (Å²) in [5.41, 5.74) is -4.57. The Morgan fingerprint density at radius 2 is 1.60 bits per heavy atom. The molecule has 0 atom stereocenters. The van der Waals surface area contributed by atoms with E-state index in [0.29, 0.717) is 0 Å². The normalized spacial score (nSPS) is 22.4. The van der Waals surface area contributed by atoms with Crippen molar-refractivity contribution in [3.8, 4) is 0 Å². The van der Waals surface area contributed by atoms with Gasteiger partial charge in [0.05, 0.1) is 6.42 Å². The predicted octanol–water partition coefficient (Wildman–Crippen LogP) is 1.34. The zero-order valence-electron chi connectivity index (χ0n) is 7.00. The second-order valence-electron chi connectivity index (χ2n) is 2.83. The van der Waals surface area contributed by atoms with Gasteiger partial charge < -0.3 is 4.74 Å². The van der Waals surface area contributed by atoms with Gasteiger partial charge in [-0.2, -0.15) is 26.3 Å². The van der Waals surface area contributed by atoms with Gasteiger partial charge >= 0.3 is 24.0 Å². The van der Waals surface area contributed by atoms with Crippen molar-refractivity contribution in [1.29, 1.82) is 0 Å². The van der Waals surface area contributed by atoms with Crippen LogP contribution >= 0.6 is 0 Å². The second-order valence-corrected chi connectivity index (χ2v) is 2.83. The van der Waals surface area contributed by atoms with Crippen molar-refractivity contribution in [2.24, 2.45) is 0 Å². The maximum Gasteiger partial charge on any atom is 0.452 e. The van der Waals surface area contributed by atoms with Crippen LogP contribution in [0.25, 0.3) is 0 Å². The molecule has 3 nitrogen and oxygen atoms in total. The van der Waals surface area contributed by atoms with Gasteiger partial charge in [0.2, 0.25) is 0 Å². The topological polar surface area (TPSA) is 38.3 Å². The molecule has 1 aliphatic rings. The summed E-state index contributed by atoms with van der Waals surface area (Å²) in [4.78, 5) is 10.5. The molecule has 0 saturated carbocycles. The number of ether oxygens (including phenoxy) is 1. The fourth-order valence-electron chi connectivity index (χ4n) is 1.08.